The Bertz CT molecular complexity index is 1460. The molecule has 1 aliphatic heterocycles. The summed E-state index contributed by atoms with van der Waals surface area (Å²) in [5.41, 5.74) is 9.42. The summed E-state index contributed by atoms with van der Waals surface area (Å²) in [7, 11) is 0. The molecular weight excluding hydrogens is 478 g/mol. The third-order valence-corrected chi connectivity index (χ3v) is 6.74. The van der Waals surface area contributed by atoms with Crippen molar-refractivity contribution in [1.29, 1.82) is 0 Å². The van der Waals surface area contributed by atoms with Crippen molar-refractivity contribution in [3.8, 4) is 11.3 Å². The van der Waals surface area contributed by atoms with Gasteiger partial charge in [0.15, 0.2) is 5.69 Å². The molecule has 2 aromatic heterocycles. The van der Waals surface area contributed by atoms with Crippen LogP contribution in [0.1, 0.15) is 51.1 Å². The van der Waals surface area contributed by atoms with Crippen molar-refractivity contribution in [2.24, 2.45) is 5.73 Å². The minimum absolute atomic E-state index is 0.0873. The number of nitrogen functional groups attached to an aromatic ring is 1. The SMILES string of the molecule is C=C(CN1CCC[C@H]1c1nc(-c2ccc(C(=O)Nc3ccccn3)cc2)c(C(N)=O)n1N)c1ccccc1. The number of hydrogen-bond acceptors (Lipinski definition) is 6. The number of likely N-dealkylation sites (tertiary alicyclic amines) is 1. The zero-order valence-corrected chi connectivity index (χ0v) is 20.9. The van der Waals surface area contributed by atoms with Gasteiger partial charge in [-0.25, -0.2) is 14.6 Å². The molecule has 0 bridgehead atoms. The molecule has 2 aromatic carbocycles. The fourth-order valence-electron chi connectivity index (χ4n) is 4.84. The highest BCUT2D eigenvalue weighted by atomic mass is 16.2. The van der Waals surface area contributed by atoms with Gasteiger partial charge >= 0.3 is 0 Å². The van der Waals surface area contributed by atoms with Gasteiger partial charge in [0.2, 0.25) is 0 Å². The summed E-state index contributed by atoms with van der Waals surface area (Å²) in [6.45, 7) is 5.80. The molecule has 38 heavy (non-hydrogen) atoms. The molecule has 0 aliphatic carbocycles. The first kappa shape index (κ1) is 24.9. The average molecular weight is 508 g/mol. The first-order valence-corrected chi connectivity index (χ1v) is 12.4. The molecule has 9 nitrogen and oxygen atoms in total. The molecular formula is C29H29N7O2. The molecule has 0 radical (unpaired) electrons. The molecule has 1 aliphatic rings. The minimum atomic E-state index is -0.670. The van der Waals surface area contributed by atoms with Gasteiger partial charge in [-0.05, 0) is 54.8 Å². The van der Waals surface area contributed by atoms with E-state index in [2.05, 4.69) is 21.8 Å². The van der Waals surface area contributed by atoms with Crippen LogP contribution in [0.3, 0.4) is 0 Å². The lowest BCUT2D eigenvalue weighted by molar-refractivity contribution is 0.0991. The van der Waals surface area contributed by atoms with Gasteiger partial charge < -0.3 is 16.9 Å². The summed E-state index contributed by atoms with van der Waals surface area (Å²) in [5.74, 6) is 6.49. The molecule has 2 amide bonds. The van der Waals surface area contributed by atoms with E-state index in [1.54, 1.807) is 48.7 Å². The Morgan fingerprint density at radius 2 is 1.74 bits per heavy atom. The minimum Gasteiger partial charge on any atom is -0.364 e. The van der Waals surface area contributed by atoms with E-state index >= 15 is 0 Å². The lowest BCUT2D eigenvalue weighted by Crippen LogP contribution is -2.30. The summed E-state index contributed by atoms with van der Waals surface area (Å²) in [6.07, 6.45) is 3.43. The van der Waals surface area contributed by atoms with Gasteiger partial charge in [0, 0.05) is 23.9 Å². The van der Waals surface area contributed by atoms with Crippen LogP contribution in [0.4, 0.5) is 5.82 Å². The second-order valence-corrected chi connectivity index (χ2v) is 9.25. The van der Waals surface area contributed by atoms with Crippen LogP contribution >= 0.6 is 0 Å². The number of primary amides is 1. The number of imidazole rings is 1. The largest absolute Gasteiger partial charge is 0.364 e. The average Bonchev–Trinajstić information content (AvgIpc) is 3.53. The summed E-state index contributed by atoms with van der Waals surface area (Å²) in [4.78, 5) is 36.3. The number of amides is 2. The van der Waals surface area contributed by atoms with Gasteiger partial charge in [0.1, 0.15) is 17.3 Å². The molecule has 5 N–H and O–H groups in total. The predicted molar refractivity (Wildman–Crippen MR) is 148 cm³/mol. The van der Waals surface area contributed by atoms with E-state index in [0.717, 1.165) is 30.5 Å². The Morgan fingerprint density at radius 1 is 1.00 bits per heavy atom. The highest BCUT2D eigenvalue weighted by molar-refractivity contribution is 6.04. The molecule has 1 saturated heterocycles. The molecule has 0 saturated carbocycles. The zero-order chi connectivity index (χ0) is 26.6. The fraction of sp³-hybridized carbons (Fsp3) is 0.172. The van der Waals surface area contributed by atoms with E-state index in [1.165, 1.54) is 4.68 Å². The molecule has 0 unspecified atom stereocenters. The standard InChI is InChI=1S/C29H29N7O2/c1-19(20-8-3-2-4-9-20)18-35-17-7-10-23(35)28-34-25(26(27(30)37)36(28)31)21-12-14-22(15-13-21)29(38)33-24-11-5-6-16-32-24/h2-6,8-9,11-16,23H,1,7,10,17-18,31H2,(H2,30,37)(H,32,33,38)/t23-/m0/s1. The Morgan fingerprint density at radius 3 is 2.42 bits per heavy atom. The third kappa shape index (κ3) is 5.05. The smallest absolute Gasteiger partial charge is 0.269 e. The highest BCUT2D eigenvalue weighted by Crippen LogP contribution is 2.35. The van der Waals surface area contributed by atoms with E-state index in [4.69, 9.17) is 16.6 Å². The van der Waals surface area contributed by atoms with Crippen molar-refractivity contribution in [3.05, 3.63) is 108 Å². The topological polar surface area (TPSA) is 132 Å². The lowest BCUT2D eigenvalue weighted by Gasteiger charge is -2.25. The van der Waals surface area contributed by atoms with E-state index in [9.17, 15) is 9.59 Å². The van der Waals surface area contributed by atoms with Crippen LogP contribution in [0, 0.1) is 0 Å². The van der Waals surface area contributed by atoms with Crippen molar-refractivity contribution in [1.82, 2.24) is 19.5 Å². The third-order valence-electron chi connectivity index (χ3n) is 6.74. The van der Waals surface area contributed by atoms with Gasteiger partial charge in [-0.2, -0.15) is 0 Å². The van der Waals surface area contributed by atoms with Crippen molar-refractivity contribution < 1.29 is 9.59 Å². The Kier molecular flexibility index (Phi) is 7.01. The van der Waals surface area contributed by atoms with Crippen LogP contribution in [-0.4, -0.2) is 44.4 Å². The van der Waals surface area contributed by atoms with Gasteiger partial charge in [0.25, 0.3) is 11.8 Å². The number of nitrogens with two attached hydrogens (primary N) is 2. The molecule has 9 heteroatoms. The number of hydrogen-bond donors (Lipinski definition) is 3. The molecule has 4 aromatic rings. The van der Waals surface area contributed by atoms with Crippen LogP contribution in [0.25, 0.3) is 16.8 Å². The van der Waals surface area contributed by atoms with Crippen LogP contribution in [0.2, 0.25) is 0 Å². The Hall–Kier alpha value is -4.76. The zero-order valence-electron chi connectivity index (χ0n) is 20.9. The number of nitrogens with one attached hydrogen (secondary N) is 1. The second kappa shape index (κ2) is 10.7. The van der Waals surface area contributed by atoms with E-state index in [1.807, 2.05) is 30.3 Å². The van der Waals surface area contributed by atoms with Crippen LogP contribution in [0.15, 0.2) is 85.6 Å². The number of pyridine rings is 1. The van der Waals surface area contributed by atoms with Crippen molar-refractivity contribution >= 4 is 23.2 Å². The molecule has 1 atom stereocenters. The molecule has 3 heterocycles. The summed E-state index contributed by atoms with van der Waals surface area (Å²) in [5, 5.41) is 2.75. The molecule has 1 fully saturated rings. The summed E-state index contributed by atoms with van der Waals surface area (Å²) in [6, 6.07) is 22.0. The second-order valence-electron chi connectivity index (χ2n) is 9.25. The number of benzene rings is 2. The van der Waals surface area contributed by atoms with Gasteiger partial charge in [-0.15, -0.1) is 0 Å². The van der Waals surface area contributed by atoms with E-state index in [-0.39, 0.29) is 17.6 Å². The van der Waals surface area contributed by atoms with E-state index in [0.29, 0.717) is 35.0 Å². The maximum Gasteiger partial charge on any atom is 0.269 e. The highest BCUT2D eigenvalue weighted by Gasteiger charge is 2.33. The fourth-order valence-corrected chi connectivity index (χ4v) is 4.84. The monoisotopic (exact) mass is 507 g/mol. The van der Waals surface area contributed by atoms with Gasteiger partial charge in [-0.1, -0.05) is 55.1 Å². The van der Waals surface area contributed by atoms with Crippen molar-refractivity contribution in [2.75, 3.05) is 24.2 Å². The maximum absolute atomic E-state index is 12.6. The number of anilines is 1. The normalized spacial score (nSPS) is 15.3. The van der Waals surface area contributed by atoms with Crippen LogP contribution < -0.4 is 16.9 Å². The predicted octanol–water partition coefficient (Wildman–Crippen LogP) is 3.86. The maximum atomic E-state index is 12.6. The van der Waals surface area contributed by atoms with Crippen LogP contribution in [-0.2, 0) is 0 Å². The first-order chi connectivity index (χ1) is 18.4. The van der Waals surface area contributed by atoms with Gasteiger partial charge in [-0.3, -0.25) is 14.5 Å². The lowest BCUT2D eigenvalue weighted by atomic mass is 10.1. The summed E-state index contributed by atoms with van der Waals surface area (Å²) < 4.78 is 1.31. The number of nitrogens with zero attached hydrogens (tertiary/aromatic N) is 4. The molecule has 5 rings (SSSR count). The Labute approximate surface area is 220 Å². The quantitative estimate of drug-likeness (QED) is 0.310. The van der Waals surface area contributed by atoms with Crippen molar-refractivity contribution in [3.63, 3.8) is 0 Å². The number of aromatic nitrogens is 3. The summed E-state index contributed by atoms with van der Waals surface area (Å²) >= 11 is 0. The Balaban J connectivity index is 1.40. The first-order valence-electron chi connectivity index (χ1n) is 12.4. The molecule has 192 valence electrons. The molecule has 0 spiro atoms. The number of carbonyl (C=O) groups is 2. The van der Waals surface area contributed by atoms with E-state index < -0.39 is 5.91 Å². The van der Waals surface area contributed by atoms with Crippen molar-refractivity contribution in [2.45, 2.75) is 18.9 Å². The number of carbonyl (C=O) groups excluding carboxylic acids is 2. The number of rotatable bonds is 8. The van der Waals surface area contributed by atoms with Crippen LogP contribution in [0.5, 0.6) is 0 Å². The van der Waals surface area contributed by atoms with Gasteiger partial charge in [0.05, 0.1) is 6.04 Å².